The SMILES string of the molecule is C=C1Oc2cc(C)c(C)cc2C(C)=C1C(c1ccc(C)c(Br)c1)c1c(O)c2cc(C)c(C)cc2oc1=O.CC. The van der Waals surface area contributed by atoms with Crippen molar-refractivity contribution in [1.29, 1.82) is 0 Å². The molecule has 1 unspecified atom stereocenters. The fourth-order valence-electron chi connectivity index (χ4n) is 5.06. The highest BCUT2D eigenvalue weighted by molar-refractivity contribution is 9.10. The van der Waals surface area contributed by atoms with Gasteiger partial charge in [0.25, 0.3) is 0 Å². The van der Waals surface area contributed by atoms with Crippen LogP contribution in [0.4, 0.5) is 0 Å². The molecule has 0 aliphatic carbocycles. The molecule has 2 heterocycles. The maximum Gasteiger partial charge on any atom is 0.344 e. The van der Waals surface area contributed by atoms with Crippen LogP contribution in [-0.2, 0) is 0 Å². The molecule has 0 saturated heterocycles. The Morgan fingerprint density at radius 1 is 0.846 bits per heavy atom. The van der Waals surface area contributed by atoms with Crippen LogP contribution < -0.4 is 10.4 Å². The van der Waals surface area contributed by atoms with Crippen LogP contribution in [0.5, 0.6) is 11.5 Å². The highest BCUT2D eigenvalue weighted by Gasteiger charge is 2.34. The molecule has 5 heteroatoms. The highest BCUT2D eigenvalue weighted by atomic mass is 79.9. The van der Waals surface area contributed by atoms with Gasteiger partial charge in [-0.15, -0.1) is 0 Å². The van der Waals surface area contributed by atoms with Crippen molar-refractivity contribution >= 4 is 32.5 Å². The molecule has 202 valence electrons. The summed E-state index contributed by atoms with van der Waals surface area (Å²) in [5, 5.41) is 12.1. The minimum atomic E-state index is -0.665. The molecular weight excluding hydrogens is 552 g/mol. The largest absolute Gasteiger partial charge is 0.507 e. The van der Waals surface area contributed by atoms with Crippen molar-refractivity contribution in [2.45, 2.75) is 61.3 Å². The van der Waals surface area contributed by atoms with E-state index in [0.29, 0.717) is 16.7 Å². The van der Waals surface area contributed by atoms with Gasteiger partial charge in [0.2, 0.25) is 0 Å². The Morgan fingerprint density at radius 3 is 2.13 bits per heavy atom. The topological polar surface area (TPSA) is 59.7 Å². The molecule has 4 nitrogen and oxygen atoms in total. The fraction of sp³-hybridized carbons (Fsp3) is 0.265. The second kappa shape index (κ2) is 10.9. The molecule has 1 N–H and O–H groups in total. The van der Waals surface area contributed by atoms with Crippen molar-refractivity contribution in [3.8, 4) is 11.5 Å². The van der Waals surface area contributed by atoms with Crippen molar-refractivity contribution in [2.75, 3.05) is 0 Å². The smallest absolute Gasteiger partial charge is 0.344 e. The van der Waals surface area contributed by atoms with E-state index in [9.17, 15) is 9.90 Å². The first-order valence-electron chi connectivity index (χ1n) is 13.2. The third-order valence-electron chi connectivity index (χ3n) is 7.57. The summed E-state index contributed by atoms with van der Waals surface area (Å²) in [7, 11) is 0. The number of aromatic hydroxyl groups is 1. The summed E-state index contributed by atoms with van der Waals surface area (Å²) in [5.41, 5.74) is 8.67. The molecule has 1 atom stereocenters. The van der Waals surface area contributed by atoms with Crippen LogP contribution in [0.2, 0.25) is 0 Å². The van der Waals surface area contributed by atoms with Gasteiger partial charge >= 0.3 is 5.63 Å². The third-order valence-corrected chi connectivity index (χ3v) is 8.43. The predicted octanol–water partition coefficient (Wildman–Crippen LogP) is 9.34. The highest BCUT2D eigenvalue weighted by Crippen LogP contribution is 2.48. The molecule has 0 saturated carbocycles. The zero-order valence-electron chi connectivity index (χ0n) is 23.9. The minimum absolute atomic E-state index is 0.0879. The number of benzene rings is 3. The lowest BCUT2D eigenvalue weighted by Gasteiger charge is -2.30. The van der Waals surface area contributed by atoms with Crippen LogP contribution in [0.15, 0.2) is 74.1 Å². The van der Waals surface area contributed by atoms with Gasteiger partial charge in [0.15, 0.2) is 0 Å². The van der Waals surface area contributed by atoms with Crippen LogP contribution >= 0.6 is 15.9 Å². The summed E-state index contributed by atoms with van der Waals surface area (Å²) in [6.45, 7) is 20.3. The number of ether oxygens (including phenoxy) is 1. The normalized spacial score (nSPS) is 13.5. The van der Waals surface area contributed by atoms with Gasteiger partial charge in [0.05, 0.1) is 10.9 Å². The number of fused-ring (bicyclic) bond motifs is 2. The molecule has 4 aromatic rings. The van der Waals surface area contributed by atoms with Crippen LogP contribution in [0.25, 0.3) is 16.5 Å². The van der Waals surface area contributed by atoms with Gasteiger partial charge < -0.3 is 14.3 Å². The van der Waals surface area contributed by atoms with E-state index in [-0.39, 0.29) is 11.3 Å². The molecule has 5 rings (SSSR count). The zero-order valence-corrected chi connectivity index (χ0v) is 25.5. The molecule has 0 radical (unpaired) electrons. The number of allylic oxidation sites excluding steroid dienone is 2. The van der Waals surface area contributed by atoms with E-state index >= 15 is 0 Å². The maximum atomic E-state index is 13.6. The van der Waals surface area contributed by atoms with Crippen LogP contribution in [0, 0.1) is 34.6 Å². The average molecular weight is 588 g/mol. The van der Waals surface area contributed by atoms with Crippen molar-refractivity contribution in [3.05, 3.63) is 120 Å². The Labute approximate surface area is 238 Å². The Hall–Kier alpha value is -3.57. The molecule has 1 aliphatic rings. The molecule has 1 aliphatic heterocycles. The second-order valence-electron chi connectivity index (χ2n) is 10.0. The zero-order chi connectivity index (χ0) is 28.8. The van der Waals surface area contributed by atoms with E-state index in [1.807, 2.05) is 78.8 Å². The fourth-order valence-corrected chi connectivity index (χ4v) is 5.46. The molecule has 1 aromatic heterocycles. The maximum absolute atomic E-state index is 13.6. The Kier molecular flexibility index (Phi) is 7.94. The van der Waals surface area contributed by atoms with E-state index in [1.165, 1.54) is 0 Å². The van der Waals surface area contributed by atoms with E-state index in [2.05, 4.69) is 35.5 Å². The number of hydrogen-bond donors (Lipinski definition) is 1. The van der Waals surface area contributed by atoms with Crippen molar-refractivity contribution in [3.63, 3.8) is 0 Å². The summed E-state index contributed by atoms with van der Waals surface area (Å²) in [6.07, 6.45) is 0. The molecule has 0 fully saturated rings. The number of aryl methyl sites for hydroxylation is 5. The lowest BCUT2D eigenvalue weighted by atomic mass is 9.79. The minimum Gasteiger partial charge on any atom is -0.507 e. The summed E-state index contributed by atoms with van der Waals surface area (Å²) in [5.74, 6) is 0.421. The molecule has 3 aromatic carbocycles. The van der Waals surface area contributed by atoms with E-state index in [0.717, 1.165) is 60.3 Å². The lowest BCUT2D eigenvalue weighted by molar-refractivity contribution is 0.420. The van der Waals surface area contributed by atoms with E-state index in [1.54, 1.807) is 6.07 Å². The van der Waals surface area contributed by atoms with Gasteiger partial charge in [-0.1, -0.05) is 48.5 Å². The van der Waals surface area contributed by atoms with E-state index < -0.39 is 11.5 Å². The van der Waals surface area contributed by atoms with Crippen LogP contribution in [0.1, 0.15) is 71.2 Å². The summed E-state index contributed by atoms with van der Waals surface area (Å²) in [6, 6.07) is 13.7. The summed E-state index contributed by atoms with van der Waals surface area (Å²) >= 11 is 3.64. The van der Waals surface area contributed by atoms with Crippen LogP contribution in [0.3, 0.4) is 0 Å². The molecule has 0 bridgehead atoms. The second-order valence-corrected chi connectivity index (χ2v) is 10.9. The molecule has 0 spiro atoms. The molecule has 39 heavy (non-hydrogen) atoms. The summed E-state index contributed by atoms with van der Waals surface area (Å²) < 4.78 is 13.0. The quantitative estimate of drug-likeness (QED) is 0.243. The monoisotopic (exact) mass is 586 g/mol. The van der Waals surface area contributed by atoms with Gasteiger partial charge in [-0.25, -0.2) is 4.79 Å². The van der Waals surface area contributed by atoms with Crippen LogP contribution in [-0.4, -0.2) is 5.11 Å². The third kappa shape index (κ3) is 4.96. The van der Waals surface area contributed by atoms with Gasteiger partial charge in [0.1, 0.15) is 22.8 Å². The number of halogens is 1. The van der Waals surface area contributed by atoms with Gasteiger partial charge in [0, 0.05) is 21.5 Å². The number of rotatable bonds is 3. The lowest BCUT2D eigenvalue weighted by Crippen LogP contribution is -2.21. The first kappa shape index (κ1) is 28.4. The Morgan fingerprint density at radius 2 is 1.46 bits per heavy atom. The predicted molar refractivity (Wildman–Crippen MR) is 164 cm³/mol. The first-order valence-corrected chi connectivity index (χ1v) is 14.0. The summed E-state index contributed by atoms with van der Waals surface area (Å²) in [4.78, 5) is 13.6. The van der Waals surface area contributed by atoms with Gasteiger partial charge in [-0.2, -0.15) is 0 Å². The Balaban J connectivity index is 0.00000172. The van der Waals surface area contributed by atoms with Crippen molar-refractivity contribution in [2.24, 2.45) is 0 Å². The molecule has 0 amide bonds. The average Bonchev–Trinajstić information content (AvgIpc) is 2.89. The Bertz CT molecular complexity index is 1720. The van der Waals surface area contributed by atoms with Crippen molar-refractivity contribution in [1.82, 2.24) is 0 Å². The standard InChI is InChI=1S/C32H29BrO4.C2H6/c1-15-8-9-22(14-25(15)33)29(28-20(6)23-10-16(2)18(4)12-26(23)36-21(28)7)30-31(34)24-11-17(3)19(5)13-27(24)37-32(30)35;1-2/h8-14,29,34H,7H2,1-6H3;1-2H3. The van der Waals surface area contributed by atoms with E-state index in [4.69, 9.17) is 9.15 Å². The molecular formula is C34H35BrO4. The van der Waals surface area contributed by atoms with Gasteiger partial charge in [-0.05, 0) is 111 Å². The first-order chi connectivity index (χ1) is 18.5. The number of hydrogen-bond acceptors (Lipinski definition) is 4. The van der Waals surface area contributed by atoms with Gasteiger partial charge in [-0.3, -0.25) is 0 Å². The van der Waals surface area contributed by atoms with Crippen molar-refractivity contribution < 1.29 is 14.3 Å².